The lowest BCUT2D eigenvalue weighted by Gasteiger charge is -2.20. The molecule has 1 aromatic carbocycles. The monoisotopic (exact) mass is 455 g/mol. The zero-order valence-corrected chi connectivity index (χ0v) is 15.4. The molecule has 0 aromatic heterocycles. The van der Waals surface area contributed by atoms with E-state index >= 15 is 0 Å². The van der Waals surface area contributed by atoms with Gasteiger partial charge < -0.3 is 10.2 Å². The van der Waals surface area contributed by atoms with Gasteiger partial charge in [0.2, 0.25) is 0 Å². The summed E-state index contributed by atoms with van der Waals surface area (Å²) >= 11 is 3.37. The molecule has 1 heterocycles. The lowest BCUT2D eigenvalue weighted by Crippen LogP contribution is -2.40. The average molecular weight is 456 g/mol. The summed E-state index contributed by atoms with van der Waals surface area (Å²) in [5.41, 5.74) is 0.721. The van der Waals surface area contributed by atoms with Crippen LogP contribution in [-0.2, 0) is 6.42 Å². The van der Waals surface area contributed by atoms with Crippen molar-refractivity contribution in [1.29, 1.82) is 0 Å². The first kappa shape index (κ1) is 17.7. The highest BCUT2D eigenvalue weighted by Gasteiger charge is 2.15. The highest BCUT2D eigenvalue weighted by Crippen LogP contribution is 2.15. The summed E-state index contributed by atoms with van der Waals surface area (Å²) in [5, 5.41) is 3.30. The van der Waals surface area contributed by atoms with Crippen LogP contribution in [0.15, 0.2) is 27.7 Å². The fourth-order valence-electron chi connectivity index (χ4n) is 2.31. The minimum atomic E-state index is -0.152. The molecular weight excluding hydrogens is 436 g/mol. The normalized spacial score (nSPS) is 15.2. The van der Waals surface area contributed by atoms with Gasteiger partial charge in [0, 0.05) is 31.2 Å². The van der Waals surface area contributed by atoms with Crippen LogP contribution >= 0.6 is 39.9 Å². The maximum Gasteiger partial charge on any atom is 0.193 e. The van der Waals surface area contributed by atoms with Crippen LogP contribution in [0.4, 0.5) is 4.39 Å². The molecule has 0 radical (unpaired) electrons. The number of benzene rings is 1. The fraction of sp³-hybridized carbons (Fsp3) is 0.500. The van der Waals surface area contributed by atoms with Gasteiger partial charge in [0.15, 0.2) is 5.96 Å². The first-order valence-electron chi connectivity index (χ1n) is 6.60. The summed E-state index contributed by atoms with van der Waals surface area (Å²) in [7, 11) is 1.79. The molecule has 0 spiro atoms. The SMILES string of the molecule is CN=C(NCCc1cc(Br)ccc1F)N1CCCC1.I. The third-order valence-corrected chi connectivity index (χ3v) is 3.80. The Morgan fingerprint density at radius 3 is 2.75 bits per heavy atom. The van der Waals surface area contributed by atoms with Crippen molar-refractivity contribution in [3.8, 4) is 0 Å². The molecule has 1 fully saturated rings. The second kappa shape index (κ2) is 8.81. The van der Waals surface area contributed by atoms with Crippen molar-refractivity contribution in [3.63, 3.8) is 0 Å². The summed E-state index contributed by atoms with van der Waals surface area (Å²) in [6, 6.07) is 5.04. The number of likely N-dealkylation sites (tertiary alicyclic amines) is 1. The first-order chi connectivity index (χ1) is 9.20. The molecule has 1 aromatic rings. The molecule has 0 unspecified atom stereocenters. The van der Waals surface area contributed by atoms with Crippen LogP contribution in [0.25, 0.3) is 0 Å². The Morgan fingerprint density at radius 1 is 1.40 bits per heavy atom. The van der Waals surface area contributed by atoms with Crippen LogP contribution < -0.4 is 5.32 Å². The Kier molecular flexibility index (Phi) is 7.79. The number of nitrogens with one attached hydrogen (secondary N) is 1. The number of halogens is 3. The van der Waals surface area contributed by atoms with Crippen LogP contribution in [0.1, 0.15) is 18.4 Å². The molecule has 6 heteroatoms. The summed E-state index contributed by atoms with van der Waals surface area (Å²) < 4.78 is 14.5. The second-order valence-corrected chi connectivity index (χ2v) is 5.57. The summed E-state index contributed by atoms with van der Waals surface area (Å²) in [4.78, 5) is 6.52. The Labute approximate surface area is 145 Å². The van der Waals surface area contributed by atoms with Gasteiger partial charge in [0.1, 0.15) is 5.82 Å². The van der Waals surface area contributed by atoms with E-state index in [0.717, 1.165) is 29.1 Å². The molecule has 20 heavy (non-hydrogen) atoms. The summed E-state index contributed by atoms with van der Waals surface area (Å²) in [5.74, 6) is 0.772. The minimum Gasteiger partial charge on any atom is -0.356 e. The van der Waals surface area contributed by atoms with E-state index in [2.05, 4.69) is 31.1 Å². The van der Waals surface area contributed by atoms with Gasteiger partial charge in [-0.3, -0.25) is 4.99 Å². The average Bonchev–Trinajstić information content (AvgIpc) is 2.92. The van der Waals surface area contributed by atoms with Gasteiger partial charge >= 0.3 is 0 Å². The van der Waals surface area contributed by atoms with Crippen LogP contribution in [0, 0.1) is 5.82 Å². The van der Waals surface area contributed by atoms with E-state index in [4.69, 9.17) is 0 Å². The standard InChI is InChI=1S/C14H19BrFN3.HI/c1-17-14(19-8-2-3-9-19)18-7-6-11-10-12(15)4-5-13(11)16;/h4-5,10H,2-3,6-9H2,1H3,(H,17,18);1H. The first-order valence-corrected chi connectivity index (χ1v) is 7.39. The van der Waals surface area contributed by atoms with Crippen molar-refractivity contribution < 1.29 is 4.39 Å². The predicted molar refractivity (Wildman–Crippen MR) is 95.4 cm³/mol. The van der Waals surface area contributed by atoms with Gasteiger partial charge in [0.05, 0.1) is 0 Å². The Bertz CT molecular complexity index is 462. The fourth-order valence-corrected chi connectivity index (χ4v) is 2.71. The van der Waals surface area contributed by atoms with Crippen LogP contribution in [-0.4, -0.2) is 37.5 Å². The highest BCUT2D eigenvalue weighted by molar-refractivity contribution is 14.0. The molecular formula is C14H20BrFIN3. The predicted octanol–water partition coefficient (Wildman–Crippen LogP) is 3.42. The van der Waals surface area contributed by atoms with E-state index in [1.807, 2.05) is 6.07 Å². The van der Waals surface area contributed by atoms with Gasteiger partial charge in [-0.05, 0) is 43.0 Å². The molecule has 1 aliphatic heterocycles. The number of nitrogens with zero attached hydrogens (tertiary/aromatic N) is 2. The van der Waals surface area contributed by atoms with Gasteiger partial charge in [-0.15, -0.1) is 24.0 Å². The molecule has 1 N–H and O–H groups in total. The topological polar surface area (TPSA) is 27.6 Å². The van der Waals surface area contributed by atoms with E-state index in [1.54, 1.807) is 13.1 Å². The third-order valence-electron chi connectivity index (χ3n) is 3.30. The minimum absolute atomic E-state index is 0. The quantitative estimate of drug-likeness (QED) is 0.429. The maximum atomic E-state index is 13.6. The molecule has 1 saturated heterocycles. The van der Waals surface area contributed by atoms with Crippen molar-refractivity contribution in [2.75, 3.05) is 26.7 Å². The number of rotatable bonds is 3. The molecule has 112 valence electrons. The molecule has 3 nitrogen and oxygen atoms in total. The van der Waals surface area contributed by atoms with E-state index in [9.17, 15) is 4.39 Å². The summed E-state index contributed by atoms with van der Waals surface area (Å²) in [6.07, 6.45) is 3.10. The molecule has 0 saturated carbocycles. The van der Waals surface area contributed by atoms with E-state index in [1.165, 1.54) is 18.9 Å². The molecule has 1 aliphatic rings. The molecule has 2 rings (SSSR count). The zero-order chi connectivity index (χ0) is 13.7. The van der Waals surface area contributed by atoms with Gasteiger partial charge in [0.25, 0.3) is 0 Å². The van der Waals surface area contributed by atoms with E-state index < -0.39 is 0 Å². The number of guanidine groups is 1. The van der Waals surface area contributed by atoms with Crippen molar-refractivity contribution in [2.45, 2.75) is 19.3 Å². The van der Waals surface area contributed by atoms with Gasteiger partial charge in [-0.2, -0.15) is 0 Å². The molecule has 0 atom stereocenters. The van der Waals surface area contributed by atoms with Crippen molar-refractivity contribution in [1.82, 2.24) is 10.2 Å². The maximum absolute atomic E-state index is 13.6. The Balaban J connectivity index is 0.00000200. The number of hydrogen-bond acceptors (Lipinski definition) is 1. The van der Waals surface area contributed by atoms with Crippen molar-refractivity contribution in [2.24, 2.45) is 4.99 Å². The Morgan fingerprint density at radius 2 is 2.10 bits per heavy atom. The number of aliphatic imine (C=N–C) groups is 1. The second-order valence-electron chi connectivity index (χ2n) is 4.65. The molecule has 0 aliphatic carbocycles. The highest BCUT2D eigenvalue weighted by atomic mass is 127. The van der Waals surface area contributed by atoms with Gasteiger partial charge in [-0.25, -0.2) is 4.39 Å². The van der Waals surface area contributed by atoms with E-state index in [-0.39, 0.29) is 29.8 Å². The Hall–Kier alpha value is -0.370. The molecule has 0 bridgehead atoms. The van der Waals surface area contributed by atoms with Crippen molar-refractivity contribution in [3.05, 3.63) is 34.1 Å². The van der Waals surface area contributed by atoms with Crippen LogP contribution in [0.2, 0.25) is 0 Å². The number of hydrogen-bond donors (Lipinski definition) is 1. The molecule has 0 amide bonds. The van der Waals surface area contributed by atoms with Crippen LogP contribution in [0.5, 0.6) is 0 Å². The van der Waals surface area contributed by atoms with Crippen molar-refractivity contribution >= 4 is 45.9 Å². The van der Waals surface area contributed by atoms with Crippen LogP contribution in [0.3, 0.4) is 0 Å². The van der Waals surface area contributed by atoms with Gasteiger partial charge in [-0.1, -0.05) is 15.9 Å². The smallest absolute Gasteiger partial charge is 0.193 e. The van der Waals surface area contributed by atoms with E-state index in [0.29, 0.717) is 13.0 Å². The lowest BCUT2D eigenvalue weighted by atomic mass is 10.1. The zero-order valence-electron chi connectivity index (χ0n) is 11.5. The third kappa shape index (κ3) is 4.87. The largest absolute Gasteiger partial charge is 0.356 e. The summed E-state index contributed by atoms with van der Waals surface area (Å²) in [6.45, 7) is 2.81. The lowest BCUT2D eigenvalue weighted by molar-refractivity contribution is 0.493.